The van der Waals surface area contributed by atoms with Crippen molar-refractivity contribution in [3.05, 3.63) is 59.3 Å². The van der Waals surface area contributed by atoms with Crippen LogP contribution in [0.5, 0.6) is 0 Å². The highest BCUT2D eigenvalue weighted by Crippen LogP contribution is 2.35. The van der Waals surface area contributed by atoms with E-state index in [2.05, 4.69) is 16.8 Å². The van der Waals surface area contributed by atoms with Crippen LogP contribution in [0.25, 0.3) is 0 Å². The predicted molar refractivity (Wildman–Crippen MR) is 131 cm³/mol. The Labute approximate surface area is 214 Å². The molecule has 11 heteroatoms. The first-order valence-electron chi connectivity index (χ1n) is 12.4. The van der Waals surface area contributed by atoms with Gasteiger partial charge in [0.2, 0.25) is 5.91 Å². The van der Waals surface area contributed by atoms with E-state index in [-0.39, 0.29) is 31.2 Å². The Hall–Kier alpha value is -3.34. The molecule has 202 valence electrons. The number of carbonyl (C=O) groups excluding carboxylic acids is 3. The largest absolute Gasteiger partial charge is 0.463 e. The number of hydrogen-bond acceptors (Lipinski definition) is 5. The first-order chi connectivity index (χ1) is 17.6. The second-order valence-corrected chi connectivity index (χ2v) is 8.85. The van der Waals surface area contributed by atoms with Crippen molar-refractivity contribution in [1.29, 1.82) is 0 Å². The molecular weight excluding hydrogens is 489 g/mol. The molecule has 1 saturated heterocycles. The second kappa shape index (κ2) is 12.3. The van der Waals surface area contributed by atoms with E-state index in [0.717, 1.165) is 18.6 Å². The first-order valence-corrected chi connectivity index (χ1v) is 12.4. The number of alkyl halides is 3. The smallest absolute Gasteiger partial charge is 0.416 e. The Kier molecular flexibility index (Phi) is 9.36. The summed E-state index contributed by atoms with van der Waals surface area (Å²) in [6.45, 7) is 9.94. The molecule has 0 aliphatic carbocycles. The lowest BCUT2D eigenvalue weighted by Gasteiger charge is -2.38. The average molecular weight is 523 g/mol. The van der Waals surface area contributed by atoms with Gasteiger partial charge in [-0.25, -0.2) is 9.59 Å². The van der Waals surface area contributed by atoms with Crippen LogP contribution in [0, 0.1) is 0 Å². The van der Waals surface area contributed by atoms with Crippen LogP contribution in [-0.2, 0) is 20.5 Å². The van der Waals surface area contributed by atoms with E-state index in [1.165, 1.54) is 23.1 Å². The maximum absolute atomic E-state index is 13.2. The van der Waals surface area contributed by atoms with Crippen molar-refractivity contribution in [2.45, 2.75) is 38.9 Å². The molecule has 1 unspecified atom stereocenters. The molecule has 1 aromatic carbocycles. The van der Waals surface area contributed by atoms with E-state index in [4.69, 9.17) is 4.74 Å². The van der Waals surface area contributed by atoms with Crippen molar-refractivity contribution in [2.75, 3.05) is 45.9 Å². The van der Waals surface area contributed by atoms with E-state index >= 15 is 0 Å². The third kappa shape index (κ3) is 6.71. The summed E-state index contributed by atoms with van der Waals surface area (Å²) in [6.07, 6.45) is -1.84. The fourth-order valence-corrected chi connectivity index (χ4v) is 4.57. The number of halogens is 3. The molecule has 1 N–H and O–H groups in total. The predicted octanol–water partition coefficient (Wildman–Crippen LogP) is 3.72. The van der Waals surface area contributed by atoms with Gasteiger partial charge in [0.15, 0.2) is 0 Å². The first kappa shape index (κ1) is 28.2. The molecule has 0 bridgehead atoms. The topological polar surface area (TPSA) is 82.2 Å². The van der Waals surface area contributed by atoms with Gasteiger partial charge < -0.3 is 15.0 Å². The maximum Gasteiger partial charge on any atom is 0.416 e. The summed E-state index contributed by atoms with van der Waals surface area (Å²) < 4.78 is 44.7. The van der Waals surface area contributed by atoms with Crippen LogP contribution < -0.4 is 5.32 Å². The molecule has 3 rings (SSSR count). The van der Waals surface area contributed by atoms with Gasteiger partial charge in [-0.3, -0.25) is 14.6 Å². The Bertz CT molecular complexity index is 1040. The van der Waals surface area contributed by atoms with Crippen LogP contribution >= 0.6 is 0 Å². The zero-order valence-electron chi connectivity index (χ0n) is 21.1. The molecule has 2 heterocycles. The molecule has 1 atom stereocenters. The van der Waals surface area contributed by atoms with Crippen molar-refractivity contribution in [3.8, 4) is 0 Å². The van der Waals surface area contributed by atoms with Crippen molar-refractivity contribution in [2.24, 2.45) is 0 Å². The quantitative estimate of drug-likeness (QED) is 0.416. The van der Waals surface area contributed by atoms with E-state index < -0.39 is 29.8 Å². The lowest BCUT2D eigenvalue weighted by Crippen LogP contribution is -2.51. The van der Waals surface area contributed by atoms with Crippen LogP contribution in [0.15, 0.2) is 48.2 Å². The van der Waals surface area contributed by atoms with Gasteiger partial charge in [-0.2, -0.15) is 13.2 Å². The molecule has 0 saturated carbocycles. The highest BCUT2D eigenvalue weighted by Gasteiger charge is 2.39. The summed E-state index contributed by atoms with van der Waals surface area (Å²) in [7, 11) is 0. The summed E-state index contributed by atoms with van der Waals surface area (Å²) in [5.74, 6) is -0.588. The lowest BCUT2D eigenvalue weighted by molar-refractivity contribution is -0.139. The van der Waals surface area contributed by atoms with Gasteiger partial charge in [0.1, 0.15) is 0 Å². The van der Waals surface area contributed by atoms with Gasteiger partial charge in [-0.05, 0) is 31.0 Å². The van der Waals surface area contributed by atoms with E-state index in [9.17, 15) is 27.6 Å². The number of nitrogens with zero attached hydrogens (tertiary/aromatic N) is 3. The second-order valence-electron chi connectivity index (χ2n) is 8.85. The number of nitrogens with one attached hydrogen (secondary N) is 1. The number of urea groups is 1. The highest BCUT2D eigenvalue weighted by molar-refractivity contribution is 5.95. The molecule has 8 nitrogen and oxygen atoms in total. The van der Waals surface area contributed by atoms with Crippen LogP contribution in [0.2, 0.25) is 0 Å². The monoisotopic (exact) mass is 522 g/mol. The summed E-state index contributed by atoms with van der Waals surface area (Å²) in [4.78, 5) is 43.8. The van der Waals surface area contributed by atoms with Gasteiger partial charge in [-0.15, -0.1) is 6.58 Å². The number of hydrogen-bond donors (Lipinski definition) is 1. The van der Waals surface area contributed by atoms with E-state index in [0.29, 0.717) is 43.9 Å². The van der Waals surface area contributed by atoms with Crippen molar-refractivity contribution < 1.29 is 32.3 Å². The Morgan fingerprint density at radius 1 is 1.14 bits per heavy atom. The fraction of sp³-hybridized carbons (Fsp3) is 0.500. The Balaban J connectivity index is 2.03. The van der Waals surface area contributed by atoms with E-state index in [1.807, 2.05) is 6.92 Å². The molecule has 0 aromatic heterocycles. The highest BCUT2D eigenvalue weighted by atomic mass is 19.4. The molecule has 0 spiro atoms. The molecule has 2 aliphatic heterocycles. The third-order valence-electron chi connectivity index (χ3n) is 6.43. The normalized spacial score (nSPS) is 19.4. The fourth-order valence-electron chi connectivity index (χ4n) is 4.57. The van der Waals surface area contributed by atoms with Gasteiger partial charge in [0.25, 0.3) is 0 Å². The SMILES string of the molecule is C=CCN1C(=O)NC(c2ccc(C(F)(F)F)cc2)C(C(=O)OCC)=C1CN1CCCN(C(=O)CC)CC1. The van der Waals surface area contributed by atoms with Crippen molar-refractivity contribution >= 4 is 17.9 Å². The Morgan fingerprint density at radius 3 is 2.43 bits per heavy atom. The summed E-state index contributed by atoms with van der Waals surface area (Å²) in [5, 5.41) is 2.75. The molecule has 1 fully saturated rings. The molecule has 2 aliphatic rings. The molecule has 0 radical (unpaired) electrons. The van der Waals surface area contributed by atoms with Crippen LogP contribution in [0.4, 0.5) is 18.0 Å². The number of esters is 1. The van der Waals surface area contributed by atoms with Crippen molar-refractivity contribution in [3.63, 3.8) is 0 Å². The average Bonchev–Trinajstić information content (AvgIpc) is 3.10. The van der Waals surface area contributed by atoms with Crippen molar-refractivity contribution in [1.82, 2.24) is 20.0 Å². The number of amides is 3. The Morgan fingerprint density at radius 2 is 1.84 bits per heavy atom. The summed E-state index contributed by atoms with van der Waals surface area (Å²) >= 11 is 0. The van der Waals surface area contributed by atoms with Crippen LogP contribution in [0.3, 0.4) is 0 Å². The molecule has 3 amide bonds. The van der Waals surface area contributed by atoms with Gasteiger partial charge in [0, 0.05) is 51.4 Å². The van der Waals surface area contributed by atoms with Crippen LogP contribution in [0.1, 0.15) is 43.9 Å². The zero-order valence-corrected chi connectivity index (χ0v) is 21.1. The zero-order chi connectivity index (χ0) is 27.2. The summed E-state index contributed by atoms with van der Waals surface area (Å²) in [6, 6.07) is 2.88. The van der Waals surface area contributed by atoms with E-state index in [1.54, 1.807) is 11.8 Å². The number of ether oxygens (including phenoxy) is 1. The third-order valence-corrected chi connectivity index (χ3v) is 6.43. The van der Waals surface area contributed by atoms with Gasteiger partial charge in [0.05, 0.1) is 23.8 Å². The van der Waals surface area contributed by atoms with Crippen LogP contribution in [-0.4, -0.2) is 78.5 Å². The minimum atomic E-state index is -4.51. The molecular formula is C26H33F3N4O4. The molecule has 37 heavy (non-hydrogen) atoms. The minimum absolute atomic E-state index is 0.0703. The standard InChI is InChI=1S/C26H33F3N4O4/c1-4-12-33-20(17-31-13-7-14-32(16-15-31)21(34)5-2)22(24(35)37-6-3)23(30-25(33)36)18-8-10-19(11-9-18)26(27,28)29/h4,8-11,23H,1,5-7,12-17H2,2-3H3,(H,30,36). The number of carbonyl (C=O) groups is 3. The number of benzene rings is 1. The number of rotatable bonds is 8. The summed E-state index contributed by atoms with van der Waals surface area (Å²) in [5.41, 5.74) is 0.0658. The molecule has 1 aromatic rings. The maximum atomic E-state index is 13.2. The minimum Gasteiger partial charge on any atom is -0.463 e. The van der Waals surface area contributed by atoms with Gasteiger partial charge >= 0.3 is 18.2 Å². The van der Waals surface area contributed by atoms with Gasteiger partial charge in [-0.1, -0.05) is 25.1 Å². The lowest BCUT2D eigenvalue weighted by atomic mass is 9.93.